The van der Waals surface area contributed by atoms with Gasteiger partial charge in [0.1, 0.15) is 11.1 Å². The van der Waals surface area contributed by atoms with E-state index in [2.05, 4.69) is 35.8 Å². The number of para-hydroxylation sites is 3. The summed E-state index contributed by atoms with van der Waals surface area (Å²) in [5.74, 6) is 0.0265. The number of aromatic nitrogens is 7. The highest BCUT2D eigenvalue weighted by molar-refractivity contribution is 7.98. The van der Waals surface area contributed by atoms with Crippen LogP contribution < -0.4 is 5.32 Å². The fourth-order valence-corrected chi connectivity index (χ4v) is 3.97. The van der Waals surface area contributed by atoms with Crippen molar-refractivity contribution in [2.45, 2.75) is 17.8 Å². The predicted molar refractivity (Wildman–Crippen MR) is 124 cm³/mol. The van der Waals surface area contributed by atoms with Crippen LogP contribution in [0.1, 0.15) is 23.0 Å². The second kappa shape index (κ2) is 9.67. The molecular weight excluding hydrogens is 456 g/mol. The maximum atomic E-state index is 12.5. The Balaban J connectivity index is 1.41. The monoisotopic (exact) mass is 474 g/mol. The molecule has 0 atom stereocenters. The number of hydrogen-bond donors (Lipinski definition) is 1. The van der Waals surface area contributed by atoms with Crippen LogP contribution in [0.15, 0.2) is 70.4 Å². The Morgan fingerprint density at radius 2 is 1.94 bits per heavy atom. The second-order valence-corrected chi connectivity index (χ2v) is 7.83. The SMILES string of the molecule is CCOC(=O)c1cnc(Nc2nc3ccccc3o2)nc1CSc1nnnn1-c1ccccc1. The number of hydrogen-bond acceptors (Lipinski definition) is 11. The molecule has 5 rings (SSSR count). The Kier molecular flexibility index (Phi) is 6.12. The van der Waals surface area contributed by atoms with Crippen LogP contribution in [0.5, 0.6) is 0 Å². The van der Waals surface area contributed by atoms with Gasteiger partial charge in [-0.2, -0.15) is 9.67 Å². The number of nitrogens with zero attached hydrogens (tertiary/aromatic N) is 7. The molecule has 0 aliphatic rings. The lowest BCUT2D eigenvalue weighted by Crippen LogP contribution is -2.12. The number of carbonyl (C=O) groups is 1. The van der Waals surface area contributed by atoms with Crippen LogP contribution in [0, 0.1) is 0 Å². The van der Waals surface area contributed by atoms with Crippen LogP contribution >= 0.6 is 11.8 Å². The third-order valence-corrected chi connectivity index (χ3v) is 5.59. The minimum Gasteiger partial charge on any atom is -0.462 e. The van der Waals surface area contributed by atoms with Crippen LogP contribution in [0.25, 0.3) is 16.8 Å². The fraction of sp³-hybridized carbons (Fsp3) is 0.136. The van der Waals surface area contributed by atoms with Gasteiger partial charge < -0.3 is 9.15 Å². The summed E-state index contributed by atoms with van der Waals surface area (Å²) in [6, 6.07) is 17.2. The van der Waals surface area contributed by atoms with E-state index >= 15 is 0 Å². The van der Waals surface area contributed by atoms with E-state index < -0.39 is 5.97 Å². The quantitative estimate of drug-likeness (QED) is 0.260. The molecule has 0 aliphatic heterocycles. The molecule has 12 heteroatoms. The fourth-order valence-electron chi connectivity index (χ4n) is 3.12. The molecule has 0 bridgehead atoms. The Hall–Kier alpha value is -4.32. The lowest BCUT2D eigenvalue weighted by atomic mass is 10.2. The van der Waals surface area contributed by atoms with Crippen molar-refractivity contribution in [3.8, 4) is 5.69 Å². The summed E-state index contributed by atoms with van der Waals surface area (Å²) in [6.07, 6.45) is 1.42. The Morgan fingerprint density at radius 3 is 2.76 bits per heavy atom. The number of nitrogens with one attached hydrogen (secondary N) is 1. The van der Waals surface area contributed by atoms with Crippen molar-refractivity contribution in [3.63, 3.8) is 0 Å². The number of esters is 1. The number of rotatable bonds is 8. The van der Waals surface area contributed by atoms with E-state index in [-0.39, 0.29) is 24.1 Å². The van der Waals surface area contributed by atoms with Crippen molar-refractivity contribution in [3.05, 3.63) is 72.1 Å². The van der Waals surface area contributed by atoms with E-state index in [0.717, 1.165) is 5.69 Å². The third-order valence-electron chi connectivity index (χ3n) is 4.66. The van der Waals surface area contributed by atoms with Gasteiger partial charge in [-0.25, -0.2) is 14.8 Å². The summed E-state index contributed by atoms with van der Waals surface area (Å²) in [5.41, 5.74) is 2.88. The van der Waals surface area contributed by atoms with E-state index in [1.165, 1.54) is 18.0 Å². The average Bonchev–Trinajstić information content (AvgIpc) is 3.50. The topological polar surface area (TPSA) is 134 Å². The van der Waals surface area contributed by atoms with Gasteiger partial charge in [0, 0.05) is 11.9 Å². The Morgan fingerprint density at radius 1 is 1.12 bits per heavy atom. The number of thioether (sulfide) groups is 1. The van der Waals surface area contributed by atoms with Crippen LogP contribution in [0.4, 0.5) is 12.0 Å². The van der Waals surface area contributed by atoms with Crippen LogP contribution in [0.3, 0.4) is 0 Å². The molecule has 34 heavy (non-hydrogen) atoms. The molecule has 2 aromatic carbocycles. The molecule has 11 nitrogen and oxygen atoms in total. The van der Waals surface area contributed by atoms with Crippen molar-refractivity contribution in [1.29, 1.82) is 0 Å². The smallest absolute Gasteiger partial charge is 0.341 e. The summed E-state index contributed by atoms with van der Waals surface area (Å²) in [7, 11) is 0. The molecule has 0 saturated carbocycles. The van der Waals surface area contributed by atoms with Gasteiger partial charge in [0.2, 0.25) is 11.1 Å². The highest BCUT2D eigenvalue weighted by atomic mass is 32.2. The number of ether oxygens (including phenoxy) is 1. The first kappa shape index (κ1) is 21.5. The number of oxazole rings is 1. The van der Waals surface area contributed by atoms with Crippen LogP contribution in [0.2, 0.25) is 0 Å². The zero-order chi connectivity index (χ0) is 23.3. The zero-order valence-corrected chi connectivity index (χ0v) is 18.8. The molecule has 0 amide bonds. The van der Waals surface area contributed by atoms with E-state index in [4.69, 9.17) is 9.15 Å². The molecule has 1 N–H and O–H groups in total. The maximum absolute atomic E-state index is 12.5. The molecule has 0 fully saturated rings. The molecular formula is C22H18N8O3S. The predicted octanol–water partition coefficient (Wildman–Crippen LogP) is 3.81. The summed E-state index contributed by atoms with van der Waals surface area (Å²) in [5, 5.41) is 15.4. The van der Waals surface area contributed by atoms with Gasteiger partial charge in [0.15, 0.2) is 5.58 Å². The summed E-state index contributed by atoms with van der Waals surface area (Å²) in [4.78, 5) is 25.6. The largest absolute Gasteiger partial charge is 0.462 e. The Labute approximate surface area is 197 Å². The number of tetrazole rings is 1. The van der Waals surface area contributed by atoms with Crippen LogP contribution in [-0.2, 0) is 10.5 Å². The summed E-state index contributed by atoms with van der Waals surface area (Å²) < 4.78 is 12.5. The summed E-state index contributed by atoms with van der Waals surface area (Å²) >= 11 is 1.33. The van der Waals surface area contributed by atoms with Crippen molar-refractivity contribution in [2.24, 2.45) is 0 Å². The normalized spacial score (nSPS) is 11.0. The number of fused-ring (bicyclic) bond motifs is 1. The lowest BCUT2D eigenvalue weighted by Gasteiger charge is -2.09. The molecule has 3 heterocycles. The van der Waals surface area contributed by atoms with Crippen molar-refractivity contribution < 1.29 is 13.9 Å². The van der Waals surface area contributed by atoms with E-state index in [9.17, 15) is 4.79 Å². The van der Waals surface area contributed by atoms with Crippen molar-refractivity contribution >= 4 is 40.8 Å². The molecule has 0 saturated heterocycles. The molecule has 0 unspecified atom stereocenters. The summed E-state index contributed by atoms with van der Waals surface area (Å²) in [6.45, 7) is 1.98. The van der Waals surface area contributed by atoms with Gasteiger partial charge in [-0.3, -0.25) is 5.32 Å². The molecule has 0 radical (unpaired) electrons. The first-order valence-electron chi connectivity index (χ1n) is 10.3. The lowest BCUT2D eigenvalue weighted by molar-refractivity contribution is 0.0524. The van der Waals surface area contributed by atoms with E-state index in [1.54, 1.807) is 11.6 Å². The maximum Gasteiger partial charge on any atom is 0.341 e. The highest BCUT2D eigenvalue weighted by Gasteiger charge is 2.19. The minimum atomic E-state index is -0.505. The standard InChI is InChI=1S/C22H18N8O3S/c1-2-32-19(31)15-12-23-20(26-21-25-16-10-6-7-11-18(16)33-21)24-17(15)13-34-22-27-28-29-30(22)14-8-4-3-5-9-14/h3-12H,2,13H2,1H3,(H,23,24,25,26). The van der Waals surface area contributed by atoms with Gasteiger partial charge in [-0.15, -0.1) is 5.10 Å². The van der Waals surface area contributed by atoms with E-state index in [0.29, 0.717) is 27.7 Å². The van der Waals surface area contributed by atoms with Gasteiger partial charge in [-0.05, 0) is 41.6 Å². The molecule has 170 valence electrons. The van der Waals surface area contributed by atoms with Gasteiger partial charge >= 0.3 is 12.0 Å². The average molecular weight is 475 g/mol. The van der Waals surface area contributed by atoms with Crippen molar-refractivity contribution in [1.82, 2.24) is 35.2 Å². The van der Waals surface area contributed by atoms with Gasteiger partial charge in [-0.1, -0.05) is 42.1 Å². The highest BCUT2D eigenvalue weighted by Crippen LogP contribution is 2.25. The molecule has 0 spiro atoms. The number of anilines is 2. The molecule has 5 aromatic rings. The van der Waals surface area contributed by atoms with Crippen molar-refractivity contribution in [2.75, 3.05) is 11.9 Å². The van der Waals surface area contributed by atoms with Gasteiger partial charge in [0.25, 0.3) is 0 Å². The Bertz CT molecular complexity index is 1400. The first-order valence-corrected chi connectivity index (χ1v) is 11.3. The van der Waals surface area contributed by atoms with E-state index in [1.807, 2.05) is 54.6 Å². The number of benzene rings is 2. The second-order valence-electron chi connectivity index (χ2n) is 6.88. The zero-order valence-electron chi connectivity index (χ0n) is 18.0. The molecule has 3 aromatic heterocycles. The number of carbonyl (C=O) groups excluding carboxylic acids is 1. The van der Waals surface area contributed by atoms with Gasteiger partial charge in [0.05, 0.1) is 18.0 Å². The minimum absolute atomic E-state index is 0.234. The molecule has 0 aliphatic carbocycles. The first-order chi connectivity index (χ1) is 16.7. The third kappa shape index (κ3) is 4.57. The van der Waals surface area contributed by atoms with Crippen LogP contribution in [-0.4, -0.2) is 47.7 Å².